The Morgan fingerprint density at radius 1 is 1.05 bits per heavy atom. The van der Waals surface area contributed by atoms with Gasteiger partial charge >= 0.3 is 0 Å². The van der Waals surface area contributed by atoms with Crippen molar-refractivity contribution in [3.63, 3.8) is 0 Å². The zero-order valence-corrected chi connectivity index (χ0v) is 14.6. The van der Waals surface area contributed by atoms with Crippen molar-refractivity contribution < 1.29 is 4.79 Å². The van der Waals surface area contributed by atoms with Crippen LogP contribution in [0.3, 0.4) is 0 Å². The minimum absolute atomic E-state index is 0.348. The first-order valence-corrected chi connectivity index (χ1v) is 11.1. The number of hydrogen-bond donors (Lipinski definition) is 0. The molecule has 0 N–H and O–H groups in total. The largest absolute Gasteiger partial charge is 0.378 e. The lowest BCUT2D eigenvalue weighted by molar-refractivity contribution is 0.0995. The number of rotatable bonds is 2. The molecule has 0 radical (unpaired) electrons. The molecule has 0 unspecified atom stereocenters. The molecule has 0 fully saturated rings. The predicted octanol–water partition coefficient (Wildman–Crippen LogP) is 3.58. The number of anilines is 1. The van der Waals surface area contributed by atoms with E-state index in [9.17, 15) is 4.79 Å². The van der Waals surface area contributed by atoms with Crippen molar-refractivity contribution in [2.24, 2.45) is 0 Å². The van der Waals surface area contributed by atoms with Gasteiger partial charge in [0.2, 0.25) is 0 Å². The molecule has 0 saturated heterocycles. The van der Waals surface area contributed by atoms with Crippen LogP contribution in [0, 0.1) is 0 Å². The van der Waals surface area contributed by atoms with Gasteiger partial charge in [-0.25, -0.2) is 0 Å². The Kier molecular flexibility index (Phi) is 3.21. The fourth-order valence-electron chi connectivity index (χ4n) is 3.40. The fraction of sp³-hybridized carbons (Fsp3) is 0.389. The zero-order chi connectivity index (χ0) is 15.4. The van der Waals surface area contributed by atoms with Gasteiger partial charge in [-0.3, -0.25) is 4.79 Å². The molecule has 3 rings (SSSR count). The molecule has 0 saturated carbocycles. The highest BCUT2D eigenvalue weighted by atomic mass is 28.3. The maximum Gasteiger partial charge on any atom is 0.163 e. The Morgan fingerprint density at radius 3 is 2.38 bits per heavy atom. The Bertz CT molecular complexity index is 741. The molecule has 0 atom stereocenters. The van der Waals surface area contributed by atoms with Crippen LogP contribution in [-0.4, -0.2) is 28.0 Å². The predicted molar refractivity (Wildman–Crippen MR) is 93.9 cm³/mol. The smallest absolute Gasteiger partial charge is 0.163 e. The summed E-state index contributed by atoms with van der Waals surface area (Å²) in [6, 6.07) is 8.87. The highest BCUT2D eigenvalue weighted by molar-refractivity contribution is 6.91. The standard InChI is InChI=1S/C18H23NOSi/c1-19(2)14-7-8-15-13(11-14)10-12-6-9-16(20)17(12)18(15)21(3,4)5/h7-8,10-11H,6,9H2,1-5H3. The Morgan fingerprint density at radius 2 is 1.76 bits per heavy atom. The van der Waals surface area contributed by atoms with E-state index in [1.165, 1.54) is 27.2 Å². The van der Waals surface area contributed by atoms with Crippen molar-refractivity contribution in [1.82, 2.24) is 0 Å². The van der Waals surface area contributed by atoms with E-state index >= 15 is 0 Å². The van der Waals surface area contributed by atoms with Crippen molar-refractivity contribution in [3.05, 3.63) is 35.4 Å². The molecule has 110 valence electrons. The number of ketones is 1. The summed E-state index contributed by atoms with van der Waals surface area (Å²) in [7, 11) is 2.56. The first kappa shape index (κ1) is 14.3. The van der Waals surface area contributed by atoms with Crippen LogP contribution in [0.5, 0.6) is 0 Å². The van der Waals surface area contributed by atoms with E-state index in [1.54, 1.807) is 0 Å². The number of Topliss-reactive ketones (excluding diaryl/α,β-unsaturated/α-hetero) is 1. The van der Waals surface area contributed by atoms with Crippen molar-refractivity contribution >= 4 is 35.5 Å². The van der Waals surface area contributed by atoms with Crippen molar-refractivity contribution in [2.75, 3.05) is 19.0 Å². The average Bonchev–Trinajstić information content (AvgIpc) is 2.75. The van der Waals surface area contributed by atoms with Gasteiger partial charge < -0.3 is 4.90 Å². The van der Waals surface area contributed by atoms with Gasteiger partial charge in [-0.05, 0) is 40.1 Å². The van der Waals surface area contributed by atoms with E-state index in [1.807, 2.05) is 0 Å². The first-order valence-electron chi connectivity index (χ1n) is 7.59. The van der Waals surface area contributed by atoms with E-state index in [4.69, 9.17) is 0 Å². The Balaban J connectivity index is 2.39. The van der Waals surface area contributed by atoms with Gasteiger partial charge in [0, 0.05) is 31.8 Å². The second-order valence-electron chi connectivity index (χ2n) is 7.26. The SMILES string of the molecule is CN(C)c1ccc2c([Si](C)(C)C)c3c(cc2c1)CCC3=O. The van der Waals surface area contributed by atoms with Crippen LogP contribution in [0.15, 0.2) is 24.3 Å². The molecule has 21 heavy (non-hydrogen) atoms. The summed E-state index contributed by atoms with van der Waals surface area (Å²) in [6.07, 6.45) is 1.59. The second-order valence-corrected chi connectivity index (χ2v) is 12.3. The van der Waals surface area contributed by atoms with Crippen LogP contribution in [-0.2, 0) is 6.42 Å². The van der Waals surface area contributed by atoms with Gasteiger partial charge in [0.1, 0.15) is 0 Å². The molecule has 1 aliphatic carbocycles. The lowest BCUT2D eigenvalue weighted by Gasteiger charge is -2.24. The second kappa shape index (κ2) is 4.70. The van der Waals surface area contributed by atoms with Gasteiger partial charge in [0.05, 0.1) is 8.07 Å². The molecule has 1 aliphatic rings. The fourth-order valence-corrected chi connectivity index (χ4v) is 5.48. The average molecular weight is 297 g/mol. The van der Waals surface area contributed by atoms with Crippen molar-refractivity contribution in [3.8, 4) is 0 Å². The molecule has 0 spiro atoms. The molecule has 2 nitrogen and oxygen atoms in total. The monoisotopic (exact) mass is 297 g/mol. The van der Waals surface area contributed by atoms with E-state index in [0.29, 0.717) is 12.2 Å². The Hall–Kier alpha value is -1.61. The van der Waals surface area contributed by atoms with E-state index in [-0.39, 0.29) is 0 Å². The summed E-state index contributed by atoms with van der Waals surface area (Å²) < 4.78 is 0. The van der Waals surface area contributed by atoms with E-state index in [0.717, 1.165) is 12.0 Å². The molecule has 0 bridgehead atoms. The molecule has 0 heterocycles. The molecule has 0 amide bonds. The minimum Gasteiger partial charge on any atom is -0.378 e. The quantitative estimate of drug-likeness (QED) is 0.790. The number of hydrogen-bond acceptors (Lipinski definition) is 2. The summed E-state index contributed by atoms with van der Waals surface area (Å²) in [6.45, 7) is 7.02. The number of nitrogens with zero attached hydrogens (tertiary/aromatic N) is 1. The van der Waals surface area contributed by atoms with Crippen LogP contribution < -0.4 is 10.1 Å². The van der Waals surface area contributed by atoms with Crippen LogP contribution >= 0.6 is 0 Å². The zero-order valence-electron chi connectivity index (χ0n) is 13.6. The van der Waals surface area contributed by atoms with Crippen molar-refractivity contribution in [2.45, 2.75) is 32.5 Å². The van der Waals surface area contributed by atoms with Gasteiger partial charge in [0.15, 0.2) is 5.78 Å². The summed E-state index contributed by atoms with van der Waals surface area (Å²) in [4.78, 5) is 14.5. The highest BCUT2D eigenvalue weighted by Gasteiger charge is 2.31. The third-order valence-electron chi connectivity index (χ3n) is 4.37. The first-order chi connectivity index (χ1) is 9.79. The number of benzene rings is 2. The molecule has 0 aliphatic heterocycles. The third kappa shape index (κ3) is 2.29. The summed E-state index contributed by atoms with van der Waals surface area (Å²) in [5, 5.41) is 3.93. The van der Waals surface area contributed by atoms with Crippen LogP contribution in [0.1, 0.15) is 22.3 Å². The van der Waals surface area contributed by atoms with Crippen molar-refractivity contribution in [1.29, 1.82) is 0 Å². The van der Waals surface area contributed by atoms with Gasteiger partial charge in [-0.2, -0.15) is 0 Å². The molecular formula is C18H23NOSi. The van der Waals surface area contributed by atoms with E-state index in [2.05, 4.69) is 62.9 Å². The minimum atomic E-state index is -1.58. The molecular weight excluding hydrogens is 274 g/mol. The molecule has 2 aromatic rings. The van der Waals surface area contributed by atoms with Crippen LogP contribution in [0.4, 0.5) is 5.69 Å². The lowest BCUT2D eigenvalue weighted by Crippen LogP contribution is -2.41. The number of carbonyl (C=O) groups excluding carboxylic acids is 1. The third-order valence-corrected chi connectivity index (χ3v) is 6.39. The maximum atomic E-state index is 12.4. The van der Waals surface area contributed by atoms with Crippen LogP contribution in [0.2, 0.25) is 19.6 Å². The lowest BCUT2D eigenvalue weighted by atomic mass is 10.0. The summed E-state index contributed by atoms with van der Waals surface area (Å²) >= 11 is 0. The molecule has 3 heteroatoms. The summed E-state index contributed by atoms with van der Waals surface area (Å²) in [5.74, 6) is 0.348. The highest BCUT2D eigenvalue weighted by Crippen LogP contribution is 2.30. The Labute approximate surface area is 127 Å². The molecule has 0 aromatic heterocycles. The summed E-state index contributed by atoms with van der Waals surface area (Å²) in [5.41, 5.74) is 3.54. The normalized spacial score (nSPS) is 14.6. The van der Waals surface area contributed by atoms with Gasteiger partial charge in [0.25, 0.3) is 0 Å². The van der Waals surface area contributed by atoms with Gasteiger partial charge in [-0.1, -0.05) is 31.8 Å². The maximum absolute atomic E-state index is 12.4. The van der Waals surface area contributed by atoms with E-state index < -0.39 is 8.07 Å². The molecule has 2 aromatic carbocycles. The number of carbonyl (C=O) groups is 1. The van der Waals surface area contributed by atoms with Gasteiger partial charge in [-0.15, -0.1) is 0 Å². The topological polar surface area (TPSA) is 20.3 Å². The van der Waals surface area contributed by atoms with Crippen LogP contribution in [0.25, 0.3) is 10.8 Å². The number of fused-ring (bicyclic) bond motifs is 2. The number of aryl methyl sites for hydroxylation is 1.